The summed E-state index contributed by atoms with van der Waals surface area (Å²) in [7, 11) is 1.79. The number of hydrogen-bond acceptors (Lipinski definition) is 4. The largest absolute Gasteiger partial charge is 0.381 e. The summed E-state index contributed by atoms with van der Waals surface area (Å²) in [6, 6.07) is 6.82. The maximum absolute atomic E-state index is 13.0. The van der Waals surface area contributed by atoms with E-state index in [2.05, 4.69) is 15.3 Å². The maximum Gasteiger partial charge on any atom is 0.123 e. The van der Waals surface area contributed by atoms with Crippen LogP contribution in [-0.4, -0.2) is 36.2 Å². The molecule has 3 nitrogen and oxygen atoms in total. The Morgan fingerprint density at radius 2 is 2.18 bits per heavy atom. The number of piperidine rings is 1. The normalized spacial score (nSPS) is 22.8. The third-order valence-electron chi connectivity index (χ3n) is 4.33. The van der Waals surface area contributed by atoms with Crippen molar-refractivity contribution in [1.29, 1.82) is 0 Å². The van der Waals surface area contributed by atoms with Gasteiger partial charge >= 0.3 is 0 Å². The van der Waals surface area contributed by atoms with Gasteiger partial charge in [0.15, 0.2) is 0 Å². The fourth-order valence-electron chi connectivity index (χ4n) is 3.20. The van der Waals surface area contributed by atoms with E-state index in [9.17, 15) is 4.39 Å². The van der Waals surface area contributed by atoms with Gasteiger partial charge in [0.1, 0.15) is 5.82 Å². The molecule has 1 aliphatic heterocycles. The van der Waals surface area contributed by atoms with Gasteiger partial charge in [0.2, 0.25) is 0 Å². The van der Waals surface area contributed by atoms with Crippen molar-refractivity contribution >= 4 is 11.3 Å². The smallest absolute Gasteiger partial charge is 0.123 e. The first kappa shape index (κ1) is 15.6. The number of aromatic nitrogens is 1. The van der Waals surface area contributed by atoms with Gasteiger partial charge in [-0.3, -0.25) is 4.90 Å². The van der Waals surface area contributed by atoms with E-state index in [1.54, 1.807) is 18.4 Å². The molecule has 1 aromatic heterocycles. The minimum atomic E-state index is -0.180. The Labute approximate surface area is 134 Å². The predicted molar refractivity (Wildman–Crippen MR) is 86.4 cm³/mol. The summed E-state index contributed by atoms with van der Waals surface area (Å²) in [5.74, 6) is 0.253. The summed E-state index contributed by atoms with van der Waals surface area (Å²) in [5, 5.41) is 2.11. The molecule has 0 saturated carbocycles. The molecule has 5 heteroatoms. The second kappa shape index (κ2) is 7.31. The van der Waals surface area contributed by atoms with Gasteiger partial charge in [-0.2, -0.15) is 0 Å². The van der Waals surface area contributed by atoms with Crippen molar-refractivity contribution in [2.75, 3.05) is 20.2 Å². The van der Waals surface area contributed by atoms with E-state index in [-0.39, 0.29) is 11.9 Å². The lowest BCUT2D eigenvalue weighted by molar-refractivity contribution is -0.00874. The number of thiazole rings is 1. The molecule has 0 N–H and O–H groups in total. The van der Waals surface area contributed by atoms with Crippen molar-refractivity contribution in [3.63, 3.8) is 0 Å². The molecular weight excluding hydrogens is 299 g/mol. The molecule has 3 rings (SSSR count). The fraction of sp³-hybridized carbons (Fsp3) is 0.471. The van der Waals surface area contributed by atoms with Crippen molar-refractivity contribution in [1.82, 2.24) is 9.88 Å². The van der Waals surface area contributed by atoms with Crippen LogP contribution in [0.25, 0.3) is 0 Å². The number of methoxy groups -OCH3 is 1. The van der Waals surface area contributed by atoms with Gasteiger partial charge in [0.05, 0.1) is 17.3 Å². The van der Waals surface area contributed by atoms with Crippen LogP contribution in [0.5, 0.6) is 0 Å². The van der Waals surface area contributed by atoms with E-state index in [1.165, 1.54) is 17.7 Å². The van der Waals surface area contributed by atoms with Crippen molar-refractivity contribution in [3.05, 3.63) is 52.2 Å². The number of ether oxygens (including phenoxy) is 1. The van der Waals surface area contributed by atoms with Crippen LogP contribution in [0.3, 0.4) is 0 Å². The van der Waals surface area contributed by atoms with Gasteiger partial charge in [0.25, 0.3) is 0 Å². The summed E-state index contributed by atoms with van der Waals surface area (Å²) in [4.78, 5) is 6.82. The zero-order chi connectivity index (χ0) is 15.4. The number of benzene rings is 1. The number of nitrogens with zero attached hydrogens (tertiary/aromatic N) is 2. The van der Waals surface area contributed by atoms with E-state index in [4.69, 9.17) is 4.74 Å². The lowest BCUT2D eigenvalue weighted by Gasteiger charge is -2.37. The Kier molecular flexibility index (Phi) is 5.18. The average molecular weight is 320 g/mol. The second-order valence-electron chi connectivity index (χ2n) is 5.87. The van der Waals surface area contributed by atoms with Gasteiger partial charge in [-0.05, 0) is 30.5 Å². The highest BCUT2D eigenvalue weighted by Crippen LogP contribution is 2.25. The third kappa shape index (κ3) is 3.91. The van der Waals surface area contributed by atoms with Crippen LogP contribution in [-0.2, 0) is 17.7 Å². The Morgan fingerprint density at radius 3 is 2.86 bits per heavy atom. The molecule has 0 aliphatic carbocycles. The van der Waals surface area contributed by atoms with Crippen molar-refractivity contribution < 1.29 is 9.13 Å². The van der Waals surface area contributed by atoms with E-state index < -0.39 is 0 Å². The number of rotatable bonds is 5. The molecule has 0 unspecified atom stereocenters. The number of hydrogen-bond donors (Lipinski definition) is 0. The molecule has 0 amide bonds. The lowest BCUT2D eigenvalue weighted by Crippen LogP contribution is -2.44. The maximum atomic E-state index is 13.0. The molecular formula is C17H21FN2OS. The number of likely N-dealkylation sites (tertiary alicyclic amines) is 1. The molecule has 0 spiro atoms. The van der Waals surface area contributed by atoms with Crippen LogP contribution < -0.4 is 0 Å². The summed E-state index contributed by atoms with van der Waals surface area (Å²) >= 11 is 1.64. The molecule has 1 fully saturated rings. The van der Waals surface area contributed by atoms with Crippen LogP contribution in [0.1, 0.15) is 17.7 Å². The highest BCUT2D eigenvalue weighted by atomic mass is 32.1. The second-order valence-corrected chi connectivity index (χ2v) is 6.59. The standard InChI is InChI=1S/C17H21FN2OS/c1-21-17-6-7-20(10-16-11-22-12-19-16)9-14(17)8-13-2-4-15(18)5-3-13/h2-5,11-12,14,17H,6-10H2,1H3/t14-,17-/m1/s1. The first-order valence-electron chi connectivity index (χ1n) is 7.61. The average Bonchev–Trinajstić information content (AvgIpc) is 3.03. The Hall–Kier alpha value is -1.30. The van der Waals surface area contributed by atoms with Crippen LogP contribution >= 0.6 is 11.3 Å². The molecule has 1 aromatic carbocycles. The first-order valence-corrected chi connectivity index (χ1v) is 8.55. The topological polar surface area (TPSA) is 25.4 Å². The molecule has 2 heterocycles. The summed E-state index contributed by atoms with van der Waals surface area (Å²) in [5.41, 5.74) is 4.19. The van der Waals surface area contributed by atoms with E-state index in [0.29, 0.717) is 5.92 Å². The van der Waals surface area contributed by atoms with Crippen LogP contribution in [0.15, 0.2) is 35.2 Å². The lowest BCUT2D eigenvalue weighted by atomic mass is 9.88. The summed E-state index contributed by atoms with van der Waals surface area (Å²) in [6.45, 7) is 2.93. The van der Waals surface area contributed by atoms with Crippen LogP contribution in [0.2, 0.25) is 0 Å². The van der Waals surface area contributed by atoms with Gasteiger partial charge in [0, 0.05) is 38.0 Å². The number of halogens is 1. The Balaban J connectivity index is 1.64. The quantitative estimate of drug-likeness (QED) is 0.845. The van der Waals surface area contributed by atoms with E-state index >= 15 is 0 Å². The zero-order valence-electron chi connectivity index (χ0n) is 12.7. The third-order valence-corrected chi connectivity index (χ3v) is 4.97. The monoisotopic (exact) mass is 320 g/mol. The van der Waals surface area contributed by atoms with Crippen LogP contribution in [0, 0.1) is 11.7 Å². The van der Waals surface area contributed by atoms with E-state index in [1.807, 2.05) is 17.6 Å². The summed E-state index contributed by atoms with van der Waals surface area (Å²) in [6.07, 6.45) is 2.23. The van der Waals surface area contributed by atoms with Gasteiger partial charge in [-0.1, -0.05) is 12.1 Å². The molecule has 1 aliphatic rings. The molecule has 2 aromatic rings. The summed E-state index contributed by atoms with van der Waals surface area (Å²) < 4.78 is 18.7. The molecule has 2 atom stereocenters. The SMILES string of the molecule is CO[C@@H]1CCN(Cc2cscn2)C[C@H]1Cc1ccc(F)cc1. The highest BCUT2D eigenvalue weighted by molar-refractivity contribution is 7.07. The van der Waals surface area contributed by atoms with Crippen molar-refractivity contribution in [2.24, 2.45) is 5.92 Å². The predicted octanol–water partition coefficient (Wildman–Crippen LogP) is 3.36. The van der Waals surface area contributed by atoms with Crippen molar-refractivity contribution in [2.45, 2.75) is 25.5 Å². The first-order chi connectivity index (χ1) is 10.7. The molecule has 1 saturated heterocycles. The highest BCUT2D eigenvalue weighted by Gasteiger charge is 2.29. The molecule has 0 radical (unpaired) electrons. The zero-order valence-corrected chi connectivity index (χ0v) is 13.6. The van der Waals surface area contributed by atoms with Gasteiger partial charge in [-0.15, -0.1) is 11.3 Å². The van der Waals surface area contributed by atoms with Gasteiger partial charge < -0.3 is 4.74 Å². The Morgan fingerprint density at radius 1 is 1.36 bits per heavy atom. The molecule has 0 bridgehead atoms. The minimum absolute atomic E-state index is 0.180. The van der Waals surface area contributed by atoms with Crippen molar-refractivity contribution in [3.8, 4) is 0 Å². The molecule has 22 heavy (non-hydrogen) atoms. The van der Waals surface area contributed by atoms with Gasteiger partial charge in [-0.25, -0.2) is 9.37 Å². The fourth-order valence-corrected chi connectivity index (χ4v) is 3.75. The molecule has 118 valence electrons. The van der Waals surface area contributed by atoms with Crippen LogP contribution in [0.4, 0.5) is 4.39 Å². The van der Waals surface area contributed by atoms with E-state index in [0.717, 1.165) is 38.2 Å². The Bertz CT molecular complexity index is 573. The minimum Gasteiger partial charge on any atom is -0.381 e.